The predicted molar refractivity (Wildman–Crippen MR) is 162 cm³/mol. The summed E-state index contributed by atoms with van der Waals surface area (Å²) in [5.74, 6) is 1.58. The highest BCUT2D eigenvalue weighted by Crippen LogP contribution is 2.34. The van der Waals surface area contributed by atoms with E-state index in [4.69, 9.17) is 28.9 Å². The van der Waals surface area contributed by atoms with Gasteiger partial charge in [-0.05, 0) is 115 Å². The van der Waals surface area contributed by atoms with Crippen LogP contribution in [-0.2, 0) is 9.47 Å². The molecule has 0 saturated carbocycles. The first-order valence-electron chi connectivity index (χ1n) is 13.9. The molecule has 0 radical (unpaired) electrons. The number of nitrogens with zero attached hydrogens (tertiary/aromatic N) is 2. The van der Waals surface area contributed by atoms with Crippen molar-refractivity contribution in [2.45, 2.75) is 66.6 Å². The lowest BCUT2D eigenvalue weighted by Gasteiger charge is -2.19. The Kier molecular flexibility index (Phi) is 9.12. The SMILES string of the molecule is Cc1ccc(C)c2nc(-c3ccc(OCCOC(C)(C)C)cc3)c(-c3ccc(OCCOC(C)(C)C)cc3)nc12. The third kappa shape index (κ3) is 8.03. The van der Waals surface area contributed by atoms with E-state index in [0.29, 0.717) is 26.4 Å². The molecule has 3 aromatic carbocycles. The average molecular weight is 543 g/mol. The van der Waals surface area contributed by atoms with Crippen molar-refractivity contribution >= 4 is 11.0 Å². The summed E-state index contributed by atoms with van der Waals surface area (Å²) in [5.41, 5.74) is 7.27. The number of benzene rings is 3. The van der Waals surface area contributed by atoms with E-state index in [1.807, 2.05) is 90.1 Å². The largest absolute Gasteiger partial charge is 0.491 e. The van der Waals surface area contributed by atoms with Crippen LogP contribution in [0.15, 0.2) is 60.7 Å². The zero-order valence-corrected chi connectivity index (χ0v) is 25.1. The molecule has 0 aliphatic carbocycles. The maximum Gasteiger partial charge on any atom is 0.119 e. The van der Waals surface area contributed by atoms with Gasteiger partial charge in [-0.3, -0.25) is 0 Å². The van der Waals surface area contributed by atoms with E-state index >= 15 is 0 Å². The van der Waals surface area contributed by atoms with E-state index in [9.17, 15) is 0 Å². The van der Waals surface area contributed by atoms with Gasteiger partial charge in [-0.1, -0.05) is 12.1 Å². The van der Waals surface area contributed by atoms with Crippen LogP contribution in [0, 0.1) is 13.8 Å². The van der Waals surface area contributed by atoms with Gasteiger partial charge in [0, 0.05) is 11.1 Å². The molecule has 0 fully saturated rings. The summed E-state index contributed by atoms with van der Waals surface area (Å²) < 4.78 is 23.3. The summed E-state index contributed by atoms with van der Waals surface area (Å²) in [7, 11) is 0. The van der Waals surface area contributed by atoms with Crippen LogP contribution in [0.2, 0.25) is 0 Å². The Balaban J connectivity index is 1.60. The number of fused-ring (bicyclic) bond motifs is 1. The molecule has 0 aliphatic rings. The summed E-state index contributed by atoms with van der Waals surface area (Å²) in [6.07, 6.45) is 0. The maximum atomic E-state index is 5.90. The first-order valence-corrected chi connectivity index (χ1v) is 13.9. The van der Waals surface area contributed by atoms with Gasteiger partial charge in [0.05, 0.1) is 46.8 Å². The summed E-state index contributed by atoms with van der Waals surface area (Å²) in [6.45, 7) is 18.4. The molecule has 1 aromatic heterocycles. The lowest BCUT2D eigenvalue weighted by molar-refractivity contribution is -0.0165. The third-order valence-electron chi connectivity index (χ3n) is 6.26. The summed E-state index contributed by atoms with van der Waals surface area (Å²) in [5, 5.41) is 0. The van der Waals surface area contributed by atoms with Crippen LogP contribution < -0.4 is 9.47 Å². The number of hydrogen-bond acceptors (Lipinski definition) is 6. The van der Waals surface area contributed by atoms with Crippen LogP contribution in [0.4, 0.5) is 0 Å². The second kappa shape index (κ2) is 12.4. The van der Waals surface area contributed by atoms with E-state index in [2.05, 4.69) is 26.0 Å². The molecular formula is C34H42N2O4. The molecule has 4 rings (SSSR count). The topological polar surface area (TPSA) is 62.7 Å². The highest BCUT2D eigenvalue weighted by atomic mass is 16.5. The van der Waals surface area contributed by atoms with E-state index in [-0.39, 0.29) is 11.2 Å². The van der Waals surface area contributed by atoms with Gasteiger partial charge >= 0.3 is 0 Å². The quantitative estimate of drug-likeness (QED) is 0.189. The first-order chi connectivity index (χ1) is 18.9. The number of aryl methyl sites for hydroxylation is 2. The van der Waals surface area contributed by atoms with Gasteiger partial charge in [-0.25, -0.2) is 9.97 Å². The summed E-state index contributed by atoms with van der Waals surface area (Å²) in [6, 6.07) is 20.2. The molecule has 1 heterocycles. The van der Waals surface area contributed by atoms with E-state index in [1.165, 1.54) is 0 Å². The molecule has 0 amide bonds. The molecule has 4 aromatic rings. The minimum atomic E-state index is -0.181. The van der Waals surface area contributed by atoms with Gasteiger partial charge in [0.1, 0.15) is 24.7 Å². The smallest absolute Gasteiger partial charge is 0.119 e. The zero-order valence-electron chi connectivity index (χ0n) is 25.1. The van der Waals surface area contributed by atoms with Gasteiger partial charge in [-0.15, -0.1) is 0 Å². The standard InChI is InChI=1S/C34H42N2O4/c1-23-9-10-24(2)30-29(23)35-31(25-11-15-27(16-12-25)37-19-21-39-33(3,4)5)32(36-30)26-13-17-28(18-14-26)38-20-22-40-34(6,7)8/h9-18H,19-22H2,1-8H3. The van der Waals surface area contributed by atoms with Crippen molar-refractivity contribution in [3.05, 3.63) is 71.8 Å². The monoisotopic (exact) mass is 542 g/mol. The molecule has 0 unspecified atom stereocenters. The Hall–Kier alpha value is -3.48. The second-order valence-electron chi connectivity index (χ2n) is 12.0. The number of rotatable bonds is 10. The van der Waals surface area contributed by atoms with Crippen LogP contribution in [0.1, 0.15) is 52.7 Å². The van der Waals surface area contributed by atoms with Crippen LogP contribution in [0.5, 0.6) is 11.5 Å². The fourth-order valence-corrected chi connectivity index (χ4v) is 4.23. The molecule has 40 heavy (non-hydrogen) atoms. The first kappa shape index (κ1) is 29.5. The highest BCUT2D eigenvalue weighted by Gasteiger charge is 2.16. The lowest BCUT2D eigenvalue weighted by atomic mass is 10.0. The van der Waals surface area contributed by atoms with Gasteiger partial charge in [-0.2, -0.15) is 0 Å². The minimum absolute atomic E-state index is 0.181. The van der Waals surface area contributed by atoms with E-state index in [1.54, 1.807) is 0 Å². The van der Waals surface area contributed by atoms with Crippen LogP contribution in [0.25, 0.3) is 33.5 Å². The average Bonchev–Trinajstić information content (AvgIpc) is 2.90. The molecule has 0 atom stereocenters. The fraction of sp³-hybridized carbons (Fsp3) is 0.412. The van der Waals surface area contributed by atoms with Crippen molar-refractivity contribution in [3.63, 3.8) is 0 Å². The molecular weight excluding hydrogens is 500 g/mol. The zero-order chi connectivity index (χ0) is 28.9. The predicted octanol–water partition coefficient (Wildman–Crippen LogP) is 7.97. The molecule has 6 heteroatoms. The highest BCUT2D eigenvalue weighted by molar-refractivity contribution is 5.89. The van der Waals surface area contributed by atoms with Crippen molar-refractivity contribution in [3.8, 4) is 34.0 Å². The Morgan fingerprint density at radius 1 is 0.500 bits per heavy atom. The van der Waals surface area contributed by atoms with Gasteiger partial charge < -0.3 is 18.9 Å². The molecule has 6 nitrogen and oxygen atoms in total. The summed E-state index contributed by atoms with van der Waals surface area (Å²) in [4.78, 5) is 10.3. The van der Waals surface area contributed by atoms with Crippen LogP contribution in [-0.4, -0.2) is 47.6 Å². The van der Waals surface area contributed by atoms with Crippen molar-refractivity contribution in [2.24, 2.45) is 0 Å². The Morgan fingerprint density at radius 3 is 1.18 bits per heavy atom. The van der Waals surface area contributed by atoms with Crippen molar-refractivity contribution in [2.75, 3.05) is 26.4 Å². The molecule has 0 spiro atoms. The summed E-state index contributed by atoms with van der Waals surface area (Å²) >= 11 is 0. The van der Waals surface area contributed by atoms with Crippen molar-refractivity contribution in [1.29, 1.82) is 0 Å². The van der Waals surface area contributed by atoms with E-state index in [0.717, 1.165) is 56.2 Å². The number of hydrogen-bond donors (Lipinski definition) is 0. The molecule has 0 aliphatic heterocycles. The van der Waals surface area contributed by atoms with Crippen molar-refractivity contribution < 1.29 is 18.9 Å². The molecule has 0 bridgehead atoms. The molecule has 212 valence electrons. The van der Waals surface area contributed by atoms with Gasteiger partial charge in [0.25, 0.3) is 0 Å². The fourth-order valence-electron chi connectivity index (χ4n) is 4.23. The Morgan fingerprint density at radius 2 is 0.850 bits per heavy atom. The van der Waals surface area contributed by atoms with Gasteiger partial charge in [0.2, 0.25) is 0 Å². The van der Waals surface area contributed by atoms with Crippen LogP contribution in [0.3, 0.4) is 0 Å². The molecule has 0 N–H and O–H groups in total. The second-order valence-corrected chi connectivity index (χ2v) is 12.0. The third-order valence-corrected chi connectivity index (χ3v) is 6.26. The van der Waals surface area contributed by atoms with Crippen LogP contribution >= 0.6 is 0 Å². The normalized spacial score (nSPS) is 12.1. The Bertz CT molecular complexity index is 1310. The molecule has 0 saturated heterocycles. The van der Waals surface area contributed by atoms with E-state index < -0.39 is 0 Å². The van der Waals surface area contributed by atoms with Gasteiger partial charge in [0.15, 0.2) is 0 Å². The van der Waals surface area contributed by atoms with Crippen molar-refractivity contribution in [1.82, 2.24) is 9.97 Å². The Labute approximate surface area is 238 Å². The lowest BCUT2D eigenvalue weighted by Crippen LogP contribution is -2.22. The number of aromatic nitrogens is 2. The maximum absolute atomic E-state index is 5.90. The number of ether oxygens (including phenoxy) is 4. The minimum Gasteiger partial charge on any atom is -0.491 e.